The molecule has 0 amide bonds. The van der Waals surface area contributed by atoms with Crippen LogP contribution in [-0.2, 0) is 4.79 Å². The van der Waals surface area contributed by atoms with Gasteiger partial charge in [0.1, 0.15) is 18.1 Å². The zero-order valence-electron chi connectivity index (χ0n) is 17.3. The first-order chi connectivity index (χ1) is 14.5. The summed E-state index contributed by atoms with van der Waals surface area (Å²) in [6.07, 6.45) is -0.139. The average Bonchev–Trinajstić information content (AvgIpc) is 2.78. The number of benzene rings is 2. The minimum atomic E-state index is -0.965. The van der Waals surface area contributed by atoms with Gasteiger partial charge in [-0.1, -0.05) is 6.07 Å². The molecule has 0 saturated carbocycles. The van der Waals surface area contributed by atoms with Crippen LogP contribution in [0.5, 0.6) is 11.5 Å². The molecule has 2 aromatic carbocycles. The van der Waals surface area contributed by atoms with E-state index in [1.54, 1.807) is 31.4 Å². The second-order valence-corrected chi connectivity index (χ2v) is 7.22. The van der Waals surface area contributed by atoms with Crippen LogP contribution in [-0.4, -0.2) is 68.2 Å². The first kappa shape index (κ1) is 21.6. The van der Waals surface area contributed by atoms with E-state index in [9.17, 15) is 9.59 Å². The van der Waals surface area contributed by atoms with E-state index in [0.29, 0.717) is 17.9 Å². The van der Waals surface area contributed by atoms with Gasteiger partial charge < -0.3 is 19.5 Å². The van der Waals surface area contributed by atoms with Crippen LogP contribution in [0.25, 0.3) is 0 Å². The number of nitrogens with zero attached hydrogens (tertiary/aromatic N) is 2. The molecule has 1 aliphatic heterocycles. The number of anilines is 1. The lowest BCUT2D eigenvalue weighted by Gasteiger charge is -2.36. The van der Waals surface area contributed by atoms with Crippen LogP contribution in [0.2, 0.25) is 0 Å². The Balaban J connectivity index is 1.39. The summed E-state index contributed by atoms with van der Waals surface area (Å²) < 4.78 is 11.1. The molecule has 0 spiro atoms. The van der Waals surface area contributed by atoms with E-state index in [0.717, 1.165) is 38.5 Å². The number of hydrogen-bond acceptors (Lipinski definition) is 6. The molecule has 0 aromatic heterocycles. The molecule has 2 aromatic rings. The van der Waals surface area contributed by atoms with Crippen LogP contribution < -0.4 is 14.4 Å². The zero-order valence-corrected chi connectivity index (χ0v) is 17.3. The molecule has 7 heteroatoms. The number of ketones is 1. The second kappa shape index (κ2) is 10.6. The van der Waals surface area contributed by atoms with Crippen molar-refractivity contribution in [1.29, 1.82) is 0 Å². The third-order valence-corrected chi connectivity index (χ3v) is 5.21. The molecule has 160 valence electrons. The molecule has 1 heterocycles. The lowest BCUT2D eigenvalue weighted by Crippen LogP contribution is -2.47. The molecule has 0 atom stereocenters. The average molecular weight is 412 g/mol. The molecule has 0 aliphatic carbocycles. The number of carboxylic acids is 1. The van der Waals surface area contributed by atoms with Crippen molar-refractivity contribution in [3.8, 4) is 11.5 Å². The Morgan fingerprint density at radius 1 is 0.967 bits per heavy atom. The quantitative estimate of drug-likeness (QED) is 0.601. The molecule has 1 saturated heterocycles. The summed E-state index contributed by atoms with van der Waals surface area (Å²) in [4.78, 5) is 27.2. The molecule has 7 nitrogen and oxygen atoms in total. The number of rotatable bonds is 10. The number of carbonyl (C=O) groups is 2. The molecular weight excluding hydrogens is 384 g/mol. The van der Waals surface area contributed by atoms with Gasteiger partial charge in [-0.2, -0.15) is 0 Å². The molecule has 1 fully saturated rings. The van der Waals surface area contributed by atoms with Crippen molar-refractivity contribution in [3.63, 3.8) is 0 Å². The summed E-state index contributed by atoms with van der Waals surface area (Å²) in [6, 6.07) is 15.0. The number of aliphatic carboxylic acids is 1. The van der Waals surface area contributed by atoms with Gasteiger partial charge in [0, 0.05) is 56.5 Å². The van der Waals surface area contributed by atoms with Gasteiger partial charge in [0.15, 0.2) is 5.78 Å². The number of methoxy groups -OCH3 is 1. The van der Waals surface area contributed by atoms with E-state index in [-0.39, 0.29) is 18.6 Å². The Morgan fingerprint density at radius 2 is 1.70 bits per heavy atom. The maximum atomic E-state index is 11.9. The molecule has 3 rings (SSSR count). The minimum absolute atomic E-state index is 0.0112. The number of Topliss-reactive ketones (excluding diaryl/α,β-unsaturated/α-hetero) is 1. The standard InChI is InChI=1S/C23H28N2O5/c1-29-21-4-2-3-19(17-21)25-13-11-24(12-14-25)15-16-30-20-7-5-18(6-8-20)22(26)9-10-23(27)28/h2-8,17H,9-16H2,1H3,(H,27,28). The maximum absolute atomic E-state index is 11.9. The number of ether oxygens (including phenoxy) is 2. The normalized spacial score (nSPS) is 14.4. The molecule has 0 bridgehead atoms. The fourth-order valence-electron chi connectivity index (χ4n) is 3.43. The van der Waals surface area contributed by atoms with Crippen molar-refractivity contribution >= 4 is 17.4 Å². The van der Waals surface area contributed by atoms with Crippen molar-refractivity contribution in [2.45, 2.75) is 12.8 Å². The van der Waals surface area contributed by atoms with Crippen LogP contribution in [0.1, 0.15) is 23.2 Å². The Labute approximate surface area is 176 Å². The van der Waals surface area contributed by atoms with Gasteiger partial charge in [0.2, 0.25) is 0 Å². The SMILES string of the molecule is COc1cccc(N2CCN(CCOc3ccc(C(=O)CCC(=O)O)cc3)CC2)c1. The predicted octanol–water partition coefficient (Wildman–Crippen LogP) is 2.94. The molecule has 0 unspecified atom stereocenters. The number of piperazine rings is 1. The van der Waals surface area contributed by atoms with E-state index in [2.05, 4.69) is 21.9 Å². The number of hydrogen-bond donors (Lipinski definition) is 1. The lowest BCUT2D eigenvalue weighted by atomic mass is 10.1. The fourth-order valence-corrected chi connectivity index (χ4v) is 3.43. The van der Waals surface area contributed by atoms with Crippen LogP contribution in [0, 0.1) is 0 Å². The van der Waals surface area contributed by atoms with Gasteiger partial charge >= 0.3 is 5.97 Å². The first-order valence-electron chi connectivity index (χ1n) is 10.1. The van der Waals surface area contributed by atoms with E-state index in [1.807, 2.05) is 12.1 Å². The van der Waals surface area contributed by atoms with E-state index in [1.165, 1.54) is 5.69 Å². The van der Waals surface area contributed by atoms with Crippen molar-refractivity contribution in [2.24, 2.45) is 0 Å². The summed E-state index contributed by atoms with van der Waals surface area (Å²) >= 11 is 0. The van der Waals surface area contributed by atoms with Crippen molar-refractivity contribution in [1.82, 2.24) is 4.90 Å². The van der Waals surface area contributed by atoms with Gasteiger partial charge in [-0.15, -0.1) is 0 Å². The third-order valence-electron chi connectivity index (χ3n) is 5.21. The van der Waals surface area contributed by atoms with Crippen LogP contribution in [0.4, 0.5) is 5.69 Å². The highest BCUT2D eigenvalue weighted by Gasteiger charge is 2.17. The van der Waals surface area contributed by atoms with E-state index >= 15 is 0 Å². The number of carbonyl (C=O) groups excluding carboxylic acids is 1. The molecule has 30 heavy (non-hydrogen) atoms. The van der Waals surface area contributed by atoms with Gasteiger partial charge in [-0.3, -0.25) is 14.5 Å². The lowest BCUT2D eigenvalue weighted by molar-refractivity contribution is -0.136. The summed E-state index contributed by atoms with van der Waals surface area (Å²) in [6.45, 7) is 5.27. The maximum Gasteiger partial charge on any atom is 0.303 e. The Hall–Kier alpha value is -3.06. The van der Waals surface area contributed by atoms with Gasteiger partial charge in [0.05, 0.1) is 13.5 Å². The zero-order chi connectivity index (χ0) is 21.3. The highest BCUT2D eigenvalue weighted by atomic mass is 16.5. The second-order valence-electron chi connectivity index (χ2n) is 7.22. The van der Waals surface area contributed by atoms with Crippen LogP contribution in [0.15, 0.2) is 48.5 Å². The van der Waals surface area contributed by atoms with Crippen molar-refractivity contribution in [2.75, 3.05) is 51.3 Å². The number of carboxylic acid groups (broad SMARTS) is 1. The Morgan fingerprint density at radius 3 is 2.37 bits per heavy atom. The van der Waals surface area contributed by atoms with Crippen molar-refractivity contribution in [3.05, 3.63) is 54.1 Å². The molecular formula is C23H28N2O5. The monoisotopic (exact) mass is 412 g/mol. The molecule has 1 N–H and O–H groups in total. The van der Waals surface area contributed by atoms with Crippen LogP contribution >= 0.6 is 0 Å². The van der Waals surface area contributed by atoms with Gasteiger partial charge in [-0.25, -0.2) is 0 Å². The van der Waals surface area contributed by atoms with E-state index < -0.39 is 5.97 Å². The first-order valence-corrected chi connectivity index (χ1v) is 10.1. The highest BCUT2D eigenvalue weighted by molar-refractivity contribution is 5.97. The predicted molar refractivity (Wildman–Crippen MR) is 115 cm³/mol. The third kappa shape index (κ3) is 6.22. The summed E-state index contributed by atoms with van der Waals surface area (Å²) in [5.74, 6) is 0.447. The van der Waals surface area contributed by atoms with Crippen LogP contribution in [0.3, 0.4) is 0 Å². The fraction of sp³-hybridized carbons (Fsp3) is 0.391. The highest BCUT2D eigenvalue weighted by Crippen LogP contribution is 2.22. The molecule has 0 radical (unpaired) electrons. The molecule has 1 aliphatic rings. The summed E-state index contributed by atoms with van der Waals surface area (Å²) in [5.41, 5.74) is 1.69. The topological polar surface area (TPSA) is 79.3 Å². The van der Waals surface area contributed by atoms with Gasteiger partial charge in [-0.05, 0) is 36.4 Å². The smallest absolute Gasteiger partial charge is 0.303 e. The Bertz CT molecular complexity index is 845. The van der Waals surface area contributed by atoms with E-state index in [4.69, 9.17) is 14.6 Å². The Kier molecular flexibility index (Phi) is 7.68. The van der Waals surface area contributed by atoms with Crippen molar-refractivity contribution < 1.29 is 24.2 Å². The minimum Gasteiger partial charge on any atom is -0.497 e. The summed E-state index contributed by atoms with van der Waals surface area (Å²) in [7, 11) is 1.68. The largest absolute Gasteiger partial charge is 0.497 e. The van der Waals surface area contributed by atoms with Gasteiger partial charge in [0.25, 0.3) is 0 Å². The summed E-state index contributed by atoms with van der Waals surface area (Å²) in [5, 5.41) is 8.67.